The van der Waals surface area contributed by atoms with Gasteiger partial charge in [-0.2, -0.15) is 0 Å². The lowest BCUT2D eigenvalue weighted by Gasteiger charge is -2.29. The summed E-state index contributed by atoms with van der Waals surface area (Å²) in [6, 6.07) is 5.19. The van der Waals surface area contributed by atoms with Gasteiger partial charge in [-0.15, -0.1) is 0 Å². The van der Waals surface area contributed by atoms with E-state index in [1.165, 1.54) is 37.3 Å². The Balaban J connectivity index is 2.24. The molecule has 1 fully saturated rings. The van der Waals surface area contributed by atoms with Crippen LogP contribution in [-0.4, -0.2) is 0 Å². The van der Waals surface area contributed by atoms with Gasteiger partial charge < -0.3 is 5.73 Å². The molecule has 0 bridgehead atoms. The van der Waals surface area contributed by atoms with Crippen molar-refractivity contribution in [3.63, 3.8) is 0 Å². The Kier molecular flexibility index (Phi) is 2.94. The molecule has 2 N–H and O–H groups in total. The van der Waals surface area contributed by atoms with Gasteiger partial charge in [0.15, 0.2) is 0 Å². The predicted octanol–water partition coefficient (Wildman–Crippen LogP) is 3.70. The van der Waals surface area contributed by atoms with Gasteiger partial charge in [0.2, 0.25) is 0 Å². The van der Waals surface area contributed by atoms with Gasteiger partial charge >= 0.3 is 0 Å². The summed E-state index contributed by atoms with van der Waals surface area (Å²) in [4.78, 5) is 0. The van der Waals surface area contributed by atoms with Gasteiger partial charge in [-0.05, 0) is 36.0 Å². The zero-order chi connectivity index (χ0) is 10.8. The number of anilines is 1. The lowest BCUT2D eigenvalue weighted by atomic mass is 9.76. The first-order valence-corrected chi connectivity index (χ1v) is 5.73. The molecule has 2 atom stereocenters. The molecule has 15 heavy (non-hydrogen) atoms. The highest BCUT2D eigenvalue weighted by Crippen LogP contribution is 2.38. The first kappa shape index (κ1) is 10.5. The van der Waals surface area contributed by atoms with Crippen LogP contribution < -0.4 is 5.73 Å². The van der Waals surface area contributed by atoms with E-state index in [1.54, 1.807) is 0 Å². The standard InChI is InChI=1S/C13H18FN/c1-9-4-2-3-5-11(9)10-6-7-12(14)13(15)8-10/h6-9,11H,2-5,15H2,1H3/t9-,11-/m0/s1. The Labute approximate surface area is 90.5 Å². The van der Waals surface area contributed by atoms with Crippen molar-refractivity contribution in [3.05, 3.63) is 29.6 Å². The highest BCUT2D eigenvalue weighted by Gasteiger charge is 2.23. The molecule has 1 saturated carbocycles. The largest absolute Gasteiger partial charge is 0.396 e. The van der Waals surface area contributed by atoms with Crippen LogP contribution in [0.4, 0.5) is 10.1 Å². The maximum absolute atomic E-state index is 13.0. The third kappa shape index (κ3) is 2.14. The van der Waals surface area contributed by atoms with Crippen molar-refractivity contribution in [1.82, 2.24) is 0 Å². The first-order valence-electron chi connectivity index (χ1n) is 5.73. The lowest BCUT2D eigenvalue weighted by molar-refractivity contribution is 0.330. The molecule has 1 nitrogen and oxygen atoms in total. The molecule has 0 unspecified atom stereocenters. The summed E-state index contributed by atoms with van der Waals surface area (Å²) in [6.07, 6.45) is 5.11. The summed E-state index contributed by atoms with van der Waals surface area (Å²) in [5.74, 6) is 0.965. The minimum Gasteiger partial charge on any atom is -0.396 e. The third-order valence-electron chi connectivity index (χ3n) is 3.56. The molecule has 0 spiro atoms. The van der Waals surface area contributed by atoms with Gasteiger partial charge in [0.25, 0.3) is 0 Å². The summed E-state index contributed by atoms with van der Waals surface area (Å²) in [6.45, 7) is 2.28. The fraction of sp³-hybridized carbons (Fsp3) is 0.538. The Bertz CT molecular complexity index is 348. The zero-order valence-corrected chi connectivity index (χ0v) is 9.17. The highest BCUT2D eigenvalue weighted by atomic mass is 19.1. The van der Waals surface area contributed by atoms with E-state index in [0.29, 0.717) is 11.8 Å². The lowest BCUT2D eigenvalue weighted by Crippen LogP contribution is -2.15. The SMILES string of the molecule is C[C@H]1CCCC[C@@H]1c1ccc(F)c(N)c1. The second-order valence-electron chi connectivity index (χ2n) is 4.65. The van der Waals surface area contributed by atoms with Gasteiger partial charge in [0, 0.05) is 0 Å². The van der Waals surface area contributed by atoms with Crippen molar-refractivity contribution in [3.8, 4) is 0 Å². The molecule has 0 heterocycles. The van der Waals surface area contributed by atoms with Crippen molar-refractivity contribution in [2.75, 3.05) is 5.73 Å². The van der Waals surface area contributed by atoms with Crippen LogP contribution in [0.25, 0.3) is 0 Å². The van der Waals surface area contributed by atoms with Crippen LogP contribution in [0, 0.1) is 11.7 Å². The molecule has 1 aromatic rings. The molecular formula is C13H18FN. The quantitative estimate of drug-likeness (QED) is 0.698. The van der Waals surface area contributed by atoms with Crippen LogP contribution in [0.15, 0.2) is 18.2 Å². The second-order valence-corrected chi connectivity index (χ2v) is 4.65. The molecule has 2 heteroatoms. The first-order chi connectivity index (χ1) is 7.18. The Morgan fingerprint density at radius 2 is 2.00 bits per heavy atom. The molecule has 1 aliphatic carbocycles. The topological polar surface area (TPSA) is 26.0 Å². The van der Waals surface area contributed by atoms with Crippen LogP contribution in [0.1, 0.15) is 44.1 Å². The van der Waals surface area contributed by atoms with Crippen LogP contribution in [0.2, 0.25) is 0 Å². The molecule has 1 aliphatic rings. The molecular weight excluding hydrogens is 189 g/mol. The average Bonchev–Trinajstić information content (AvgIpc) is 2.23. The van der Waals surface area contributed by atoms with Gasteiger partial charge in [0.1, 0.15) is 5.82 Å². The van der Waals surface area contributed by atoms with E-state index in [2.05, 4.69) is 6.92 Å². The number of hydrogen-bond acceptors (Lipinski definition) is 1. The number of benzene rings is 1. The fourth-order valence-corrected chi connectivity index (χ4v) is 2.60. The van der Waals surface area contributed by atoms with Crippen LogP contribution in [-0.2, 0) is 0 Å². The molecule has 0 aromatic heterocycles. The van der Waals surface area contributed by atoms with E-state index in [4.69, 9.17) is 5.73 Å². The molecule has 0 amide bonds. The van der Waals surface area contributed by atoms with Crippen LogP contribution in [0.3, 0.4) is 0 Å². The minimum atomic E-state index is -0.304. The van der Waals surface area contributed by atoms with E-state index in [-0.39, 0.29) is 11.5 Å². The van der Waals surface area contributed by atoms with Crippen molar-refractivity contribution in [2.45, 2.75) is 38.5 Å². The Hall–Kier alpha value is -1.05. The molecule has 82 valence electrons. The molecule has 0 saturated heterocycles. The number of nitrogens with two attached hydrogens (primary N) is 1. The van der Waals surface area contributed by atoms with Crippen molar-refractivity contribution in [1.29, 1.82) is 0 Å². The summed E-state index contributed by atoms with van der Waals surface area (Å²) in [5.41, 5.74) is 7.09. The Morgan fingerprint density at radius 3 is 2.67 bits per heavy atom. The maximum atomic E-state index is 13.0. The van der Waals surface area contributed by atoms with Gasteiger partial charge in [-0.1, -0.05) is 32.3 Å². The predicted molar refractivity (Wildman–Crippen MR) is 61.2 cm³/mol. The minimum absolute atomic E-state index is 0.283. The fourth-order valence-electron chi connectivity index (χ4n) is 2.60. The van der Waals surface area contributed by atoms with Gasteiger partial charge in [-0.25, -0.2) is 4.39 Å². The average molecular weight is 207 g/mol. The summed E-state index contributed by atoms with van der Waals surface area (Å²) >= 11 is 0. The van der Waals surface area contributed by atoms with Crippen LogP contribution >= 0.6 is 0 Å². The maximum Gasteiger partial charge on any atom is 0.146 e. The second kappa shape index (κ2) is 4.21. The summed E-state index contributed by atoms with van der Waals surface area (Å²) in [5, 5.41) is 0. The zero-order valence-electron chi connectivity index (χ0n) is 9.17. The van der Waals surface area contributed by atoms with E-state index in [1.807, 2.05) is 12.1 Å². The molecule has 0 radical (unpaired) electrons. The normalized spacial score (nSPS) is 26.5. The number of hydrogen-bond donors (Lipinski definition) is 1. The van der Waals surface area contributed by atoms with Crippen molar-refractivity contribution >= 4 is 5.69 Å². The summed E-state index contributed by atoms with van der Waals surface area (Å²) < 4.78 is 13.0. The van der Waals surface area contributed by atoms with E-state index in [0.717, 1.165) is 0 Å². The van der Waals surface area contributed by atoms with Crippen molar-refractivity contribution in [2.24, 2.45) is 5.92 Å². The summed E-state index contributed by atoms with van der Waals surface area (Å²) in [7, 11) is 0. The smallest absolute Gasteiger partial charge is 0.146 e. The monoisotopic (exact) mass is 207 g/mol. The number of nitrogen functional groups attached to an aromatic ring is 1. The van der Waals surface area contributed by atoms with Crippen LogP contribution in [0.5, 0.6) is 0 Å². The number of halogens is 1. The van der Waals surface area contributed by atoms with Crippen molar-refractivity contribution < 1.29 is 4.39 Å². The van der Waals surface area contributed by atoms with E-state index < -0.39 is 0 Å². The Morgan fingerprint density at radius 1 is 1.27 bits per heavy atom. The van der Waals surface area contributed by atoms with Gasteiger partial charge in [-0.3, -0.25) is 0 Å². The molecule has 1 aromatic carbocycles. The number of rotatable bonds is 1. The molecule has 0 aliphatic heterocycles. The van der Waals surface area contributed by atoms with Gasteiger partial charge in [0.05, 0.1) is 5.69 Å². The van der Waals surface area contributed by atoms with E-state index in [9.17, 15) is 4.39 Å². The van der Waals surface area contributed by atoms with E-state index >= 15 is 0 Å². The highest BCUT2D eigenvalue weighted by molar-refractivity contribution is 5.43. The third-order valence-corrected chi connectivity index (χ3v) is 3.56. The molecule has 2 rings (SSSR count).